The fourth-order valence-electron chi connectivity index (χ4n) is 4.06. The van der Waals surface area contributed by atoms with E-state index in [-0.39, 0.29) is 5.91 Å². The Bertz CT molecular complexity index is 1020. The van der Waals surface area contributed by atoms with Gasteiger partial charge in [0.1, 0.15) is 0 Å². The summed E-state index contributed by atoms with van der Waals surface area (Å²) in [5, 5.41) is 12.9. The summed E-state index contributed by atoms with van der Waals surface area (Å²) in [7, 11) is 0. The number of benzene rings is 2. The predicted molar refractivity (Wildman–Crippen MR) is 129 cm³/mol. The lowest BCUT2D eigenvalue weighted by Crippen LogP contribution is -2.41. The molecule has 1 fully saturated rings. The van der Waals surface area contributed by atoms with Gasteiger partial charge in [-0.1, -0.05) is 96.0 Å². The monoisotopic (exact) mass is 498 g/mol. The smallest absolute Gasteiger partial charge is 0.230 e. The molecule has 4 rings (SSSR count). The molecule has 1 aliphatic rings. The van der Waals surface area contributed by atoms with Crippen LogP contribution in [0.15, 0.2) is 64.2 Å². The van der Waals surface area contributed by atoms with Crippen molar-refractivity contribution in [3.05, 3.63) is 64.6 Å². The van der Waals surface area contributed by atoms with Crippen molar-refractivity contribution in [3.8, 4) is 11.4 Å². The molecule has 3 aromatic rings. The number of hydrogen-bond acceptors (Lipinski definition) is 4. The second-order valence-electron chi connectivity index (χ2n) is 8.08. The Hall–Kier alpha value is -2.12. The van der Waals surface area contributed by atoms with Crippen LogP contribution in [0, 0.1) is 5.92 Å². The zero-order valence-electron chi connectivity index (χ0n) is 17.6. The molecule has 0 aliphatic heterocycles. The summed E-state index contributed by atoms with van der Waals surface area (Å²) in [4.78, 5) is 12.6. The highest BCUT2D eigenvalue weighted by Gasteiger charge is 2.23. The van der Waals surface area contributed by atoms with Crippen LogP contribution in [0.2, 0.25) is 0 Å². The van der Waals surface area contributed by atoms with E-state index in [4.69, 9.17) is 0 Å². The maximum atomic E-state index is 12.6. The van der Waals surface area contributed by atoms with E-state index in [1.807, 2.05) is 42.5 Å². The number of carbonyl (C=O) groups excluding carboxylic acids is 1. The van der Waals surface area contributed by atoms with Crippen molar-refractivity contribution in [1.29, 1.82) is 0 Å². The quantitative estimate of drug-likeness (QED) is 0.434. The Kier molecular flexibility index (Phi) is 7.45. The van der Waals surface area contributed by atoms with Crippen molar-refractivity contribution in [2.24, 2.45) is 5.92 Å². The summed E-state index contributed by atoms with van der Waals surface area (Å²) in [6.45, 7) is 2.88. The van der Waals surface area contributed by atoms with Crippen molar-refractivity contribution in [1.82, 2.24) is 20.1 Å². The van der Waals surface area contributed by atoms with Gasteiger partial charge in [0.05, 0.1) is 12.3 Å². The summed E-state index contributed by atoms with van der Waals surface area (Å²) < 4.78 is 3.06. The van der Waals surface area contributed by atoms with Gasteiger partial charge in [-0.05, 0) is 30.4 Å². The van der Waals surface area contributed by atoms with Gasteiger partial charge in [0, 0.05) is 16.1 Å². The molecule has 1 saturated carbocycles. The van der Waals surface area contributed by atoms with Gasteiger partial charge in [-0.15, -0.1) is 10.2 Å². The highest BCUT2D eigenvalue weighted by molar-refractivity contribution is 9.10. The molecule has 1 heterocycles. The first-order chi connectivity index (χ1) is 15.1. The van der Waals surface area contributed by atoms with Crippen molar-refractivity contribution in [3.63, 3.8) is 0 Å². The molecule has 1 aliphatic carbocycles. The fraction of sp³-hybridized carbons (Fsp3) is 0.375. The maximum Gasteiger partial charge on any atom is 0.230 e. The first kappa shape index (κ1) is 22.1. The number of carbonyl (C=O) groups is 1. The number of amides is 1. The van der Waals surface area contributed by atoms with Gasteiger partial charge in [-0.2, -0.15) is 0 Å². The summed E-state index contributed by atoms with van der Waals surface area (Å²) in [6.07, 6.45) is 4.73. The van der Waals surface area contributed by atoms with E-state index in [2.05, 4.69) is 55.1 Å². The number of nitrogens with one attached hydrogen (secondary N) is 1. The lowest BCUT2D eigenvalue weighted by molar-refractivity contribution is -0.119. The third-order valence-electron chi connectivity index (χ3n) is 5.81. The second-order valence-corrected chi connectivity index (χ2v) is 9.88. The molecule has 1 N–H and O–H groups in total. The van der Waals surface area contributed by atoms with E-state index in [1.54, 1.807) is 0 Å². The van der Waals surface area contributed by atoms with Gasteiger partial charge in [0.25, 0.3) is 0 Å². The van der Waals surface area contributed by atoms with E-state index >= 15 is 0 Å². The number of hydrogen-bond donors (Lipinski definition) is 1. The first-order valence-electron chi connectivity index (χ1n) is 10.8. The molecule has 162 valence electrons. The zero-order chi connectivity index (χ0) is 21.6. The van der Waals surface area contributed by atoms with E-state index in [1.165, 1.54) is 31.0 Å². The molecular weight excluding hydrogens is 472 g/mol. The van der Waals surface area contributed by atoms with Crippen molar-refractivity contribution < 1.29 is 4.79 Å². The topological polar surface area (TPSA) is 59.8 Å². The highest BCUT2D eigenvalue weighted by Crippen LogP contribution is 2.30. The van der Waals surface area contributed by atoms with Crippen LogP contribution in [0.1, 0.15) is 38.2 Å². The third-order valence-corrected chi connectivity index (χ3v) is 7.46. The maximum absolute atomic E-state index is 12.6. The number of aromatic nitrogens is 3. The molecule has 0 saturated heterocycles. The Morgan fingerprint density at radius 1 is 1.10 bits per heavy atom. The van der Waals surface area contributed by atoms with Crippen LogP contribution in [0.5, 0.6) is 0 Å². The summed E-state index contributed by atoms with van der Waals surface area (Å²) >= 11 is 5.08. The van der Waals surface area contributed by atoms with E-state index in [9.17, 15) is 4.79 Å². The molecule has 0 spiro atoms. The average molecular weight is 499 g/mol. The minimum atomic E-state index is 0.0699. The molecule has 2 unspecified atom stereocenters. The molecule has 5 nitrogen and oxygen atoms in total. The van der Waals surface area contributed by atoms with Crippen molar-refractivity contribution in [2.45, 2.75) is 50.4 Å². The predicted octanol–water partition coefficient (Wildman–Crippen LogP) is 5.54. The van der Waals surface area contributed by atoms with Crippen LogP contribution in [0.25, 0.3) is 11.4 Å². The molecule has 7 heteroatoms. The Labute approximate surface area is 196 Å². The van der Waals surface area contributed by atoms with Crippen LogP contribution in [-0.2, 0) is 11.3 Å². The van der Waals surface area contributed by atoms with Crippen molar-refractivity contribution >= 4 is 33.6 Å². The average Bonchev–Trinajstić information content (AvgIpc) is 3.17. The number of halogens is 1. The number of nitrogens with zero attached hydrogens (tertiary/aromatic N) is 3. The molecule has 1 amide bonds. The van der Waals surface area contributed by atoms with Crippen LogP contribution in [-0.4, -0.2) is 32.5 Å². The van der Waals surface area contributed by atoms with Gasteiger partial charge < -0.3 is 5.32 Å². The minimum Gasteiger partial charge on any atom is -0.352 e. The molecular formula is C24H27BrN4OS. The van der Waals surface area contributed by atoms with Crippen LogP contribution in [0.4, 0.5) is 0 Å². The third kappa shape index (κ3) is 5.57. The standard InChI is InChI=1S/C24H27BrN4OS/c1-17-9-5-8-14-21(17)26-22(30)16-31-24-28-27-23(19-12-6-7-13-20(19)25)29(24)15-18-10-3-2-4-11-18/h2-4,6-7,10-13,17,21H,5,8-9,14-16H2,1H3,(H,26,30). The molecule has 0 bridgehead atoms. The molecule has 2 aromatic carbocycles. The van der Waals surface area contributed by atoms with Crippen LogP contribution in [0.3, 0.4) is 0 Å². The largest absolute Gasteiger partial charge is 0.352 e. The lowest BCUT2D eigenvalue weighted by atomic mass is 9.86. The molecule has 0 radical (unpaired) electrons. The Morgan fingerprint density at radius 2 is 1.84 bits per heavy atom. The van der Waals surface area contributed by atoms with Crippen molar-refractivity contribution in [2.75, 3.05) is 5.75 Å². The molecule has 31 heavy (non-hydrogen) atoms. The Balaban J connectivity index is 1.53. The lowest BCUT2D eigenvalue weighted by Gasteiger charge is -2.29. The van der Waals surface area contributed by atoms with Crippen LogP contribution < -0.4 is 5.32 Å². The molecule has 1 aromatic heterocycles. The summed E-state index contributed by atoms with van der Waals surface area (Å²) in [5.74, 6) is 1.75. The summed E-state index contributed by atoms with van der Waals surface area (Å²) in [6, 6.07) is 18.6. The summed E-state index contributed by atoms with van der Waals surface area (Å²) in [5.41, 5.74) is 2.15. The zero-order valence-corrected chi connectivity index (χ0v) is 20.0. The van der Waals surface area contributed by atoms with Gasteiger partial charge >= 0.3 is 0 Å². The highest BCUT2D eigenvalue weighted by atomic mass is 79.9. The van der Waals surface area contributed by atoms with Crippen LogP contribution >= 0.6 is 27.7 Å². The van der Waals surface area contributed by atoms with Gasteiger partial charge in [-0.3, -0.25) is 9.36 Å². The van der Waals surface area contributed by atoms with E-state index < -0.39 is 0 Å². The SMILES string of the molecule is CC1CCCCC1NC(=O)CSc1nnc(-c2ccccc2Br)n1Cc1ccccc1. The minimum absolute atomic E-state index is 0.0699. The van der Waals surface area contributed by atoms with Gasteiger partial charge in [0.15, 0.2) is 11.0 Å². The van der Waals surface area contributed by atoms with E-state index in [0.29, 0.717) is 24.3 Å². The molecule has 2 atom stereocenters. The Morgan fingerprint density at radius 3 is 2.61 bits per heavy atom. The number of thioether (sulfide) groups is 1. The van der Waals surface area contributed by atoms with Gasteiger partial charge in [0.2, 0.25) is 5.91 Å². The van der Waals surface area contributed by atoms with E-state index in [0.717, 1.165) is 33.0 Å². The van der Waals surface area contributed by atoms with Gasteiger partial charge in [-0.25, -0.2) is 0 Å². The number of rotatable bonds is 7. The fourth-order valence-corrected chi connectivity index (χ4v) is 5.27. The first-order valence-corrected chi connectivity index (χ1v) is 12.5. The second kappa shape index (κ2) is 10.5. The normalized spacial score (nSPS) is 18.6.